The minimum Gasteiger partial charge on any atom is -0.384 e. The number of nitrogens with one attached hydrogen (secondary N) is 1. The number of aromatic nitrogens is 1. The van der Waals surface area contributed by atoms with Crippen LogP contribution in [0.1, 0.15) is 51.1 Å². The topological polar surface area (TPSA) is 57.7 Å². The van der Waals surface area contributed by atoms with Crippen LogP contribution in [0.25, 0.3) is 0 Å². The van der Waals surface area contributed by atoms with Gasteiger partial charge in [-0.05, 0) is 38.4 Å². The fourth-order valence-corrected chi connectivity index (χ4v) is 3.74. The zero-order valence-corrected chi connectivity index (χ0v) is 18.0. The van der Waals surface area contributed by atoms with Crippen LogP contribution in [0.3, 0.4) is 0 Å². The number of hydrogen-bond donors (Lipinski definition) is 1. The van der Waals surface area contributed by atoms with Crippen molar-refractivity contribution in [2.75, 3.05) is 51.3 Å². The second-order valence-electron chi connectivity index (χ2n) is 7.70. The second-order valence-corrected chi connectivity index (χ2v) is 7.70. The Morgan fingerprint density at radius 3 is 2.50 bits per heavy atom. The van der Waals surface area contributed by atoms with E-state index in [2.05, 4.69) is 39.2 Å². The number of hydrogen-bond acceptors (Lipinski definition) is 5. The maximum absolute atomic E-state index is 11.3. The average molecular weight is 391 g/mol. The predicted molar refractivity (Wildman–Crippen MR) is 115 cm³/mol. The van der Waals surface area contributed by atoms with Crippen molar-refractivity contribution < 1.29 is 9.53 Å². The number of aryl methyl sites for hydroxylation is 1. The Hall–Kier alpha value is -1.66. The van der Waals surface area contributed by atoms with Crippen molar-refractivity contribution in [3.8, 4) is 0 Å². The molecule has 1 aliphatic carbocycles. The third-order valence-corrected chi connectivity index (χ3v) is 5.52. The highest BCUT2D eigenvalue weighted by Gasteiger charge is 2.16. The van der Waals surface area contributed by atoms with Gasteiger partial charge in [-0.3, -0.25) is 4.79 Å². The minimum absolute atomic E-state index is 0.133. The van der Waals surface area contributed by atoms with Crippen LogP contribution in [-0.4, -0.2) is 68.3 Å². The lowest BCUT2D eigenvalue weighted by Gasteiger charge is -2.34. The molecule has 1 aliphatic heterocycles. The fraction of sp³-hybridized carbons (Fsp3) is 0.727. The van der Waals surface area contributed by atoms with Crippen LogP contribution in [0, 0.1) is 6.92 Å². The van der Waals surface area contributed by atoms with Crippen LogP contribution in [0.4, 0.5) is 5.82 Å². The molecule has 3 rings (SSSR count). The first-order valence-electron chi connectivity index (χ1n) is 10.8. The van der Waals surface area contributed by atoms with Crippen LogP contribution < -0.4 is 10.2 Å². The Morgan fingerprint density at radius 2 is 1.89 bits per heavy atom. The fourth-order valence-electron chi connectivity index (χ4n) is 3.74. The van der Waals surface area contributed by atoms with E-state index in [4.69, 9.17) is 4.74 Å². The van der Waals surface area contributed by atoms with E-state index in [9.17, 15) is 4.79 Å². The van der Waals surface area contributed by atoms with E-state index < -0.39 is 0 Å². The number of carbonyl (C=O) groups is 1. The molecular formula is C22H38N4O2. The Labute approximate surface area is 170 Å². The summed E-state index contributed by atoms with van der Waals surface area (Å²) in [4.78, 5) is 20.7. The van der Waals surface area contributed by atoms with Crippen molar-refractivity contribution in [2.45, 2.75) is 58.4 Å². The lowest BCUT2D eigenvalue weighted by molar-refractivity contribution is -0.122. The first-order valence-corrected chi connectivity index (χ1v) is 10.8. The Bertz CT molecular complexity index is 567. The van der Waals surface area contributed by atoms with Gasteiger partial charge in [-0.25, -0.2) is 4.98 Å². The van der Waals surface area contributed by atoms with Gasteiger partial charge in [0.05, 0.1) is 6.61 Å². The average Bonchev–Trinajstić information content (AvgIpc) is 2.73. The molecule has 6 heteroatoms. The zero-order chi connectivity index (χ0) is 20.2. The van der Waals surface area contributed by atoms with E-state index in [1.165, 1.54) is 19.3 Å². The maximum Gasteiger partial charge on any atom is 0.222 e. The molecule has 0 aromatic carbocycles. The van der Waals surface area contributed by atoms with Crippen molar-refractivity contribution in [1.82, 2.24) is 15.2 Å². The molecule has 0 unspecified atom stereocenters. The molecule has 158 valence electrons. The summed E-state index contributed by atoms with van der Waals surface area (Å²) in [6.45, 7) is 10.5. The molecule has 28 heavy (non-hydrogen) atoms. The van der Waals surface area contributed by atoms with Crippen LogP contribution >= 0.6 is 0 Å². The molecule has 1 amide bonds. The first-order chi connectivity index (χ1) is 13.6. The monoisotopic (exact) mass is 390 g/mol. The number of carbonyl (C=O) groups excluding carboxylic acids is 1. The van der Waals surface area contributed by atoms with E-state index in [0.717, 1.165) is 57.1 Å². The Balaban J connectivity index is 0.000000203. The Kier molecular flexibility index (Phi) is 10.3. The van der Waals surface area contributed by atoms with Crippen LogP contribution in [0.15, 0.2) is 18.2 Å². The number of amides is 1. The molecule has 2 fully saturated rings. The van der Waals surface area contributed by atoms with Gasteiger partial charge in [0.1, 0.15) is 5.82 Å². The smallest absolute Gasteiger partial charge is 0.222 e. The van der Waals surface area contributed by atoms with Gasteiger partial charge >= 0.3 is 0 Å². The first kappa shape index (κ1) is 22.6. The molecular weight excluding hydrogens is 352 g/mol. The van der Waals surface area contributed by atoms with Gasteiger partial charge in [0.15, 0.2) is 0 Å². The molecule has 2 heterocycles. The second kappa shape index (κ2) is 12.7. The van der Waals surface area contributed by atoms with Gasteiger partial charge in [-0.15, -0.1) is 0 Å². The van der Waals surface area contributed by atoms with Crippen molar-refractivity contribution in [1.29, 1.82) is 0 Å². The summed E-state index contributed by atoms with van der Waals surface area (Å²) in [6.07, 6.45) is 6.64. The van der Waals surface area contributed by atoms with Crippen molar-refractivity contribution in [3.63, 3.8) is 0 Å². The molecule has 1 N–H and O–H groups in total. The molecule has 0 spiro atoms. The van der Waals surface area contributed by atoms with Crippen molar-refractivity contribution in [2.24, 2.45) is 0 Å². The van der Waals surface area contributed by atoms with E-state index in [1.54, 1.807) is 7.11 Å². The molecule has 0 bridgehead atoms. The van der Waals surface area contributed by atoms with E-state index >= 15 is 0 Å². The number of nitrogens with zero attached hydrogens (tertiary/aromatic N) is 3. The number of piperazine rings is 1. The molecule has 1 aromatic heterocycles. The van der Waals surface area contributed by atoms with Gasteiger partial charge in [0, 0.05) is 51.4 Å². The summed E-state index contributed by atoms with van der Waals surface area (Å²) >= 11 is 0. The van der Waals surface area contributed by atoms with E-state index in [0.29, 0.717) is 19.1 Å². The van der Waals surface area contributed by atoms with E-state index in [1.807, 2.05) is 13.0 Å². The van der Waals surface area contributed by atoms with Gasteiger partial charge in [-0.1, -0.05) is 32.3 Å². The maximum atomic E-state index is 11.3. The quantitative estimate of drug-likeness (QED) is 0.809. The molecule has 1 saturated carbocycles. The molecule has 1 saturated heterocycles. The predicted octanol–water partition coefficient (Wildman–Crippen LogP) is 3.00. The lowest BCUT2D eigenvalue weighted by Crippen LogP contribution is -2.46. The lowest BCUT2D eigenvalue weighted by atomic mass is 9.95. The molecule has 0 radical (unpaired) electrons. The molecule has 6 nitrogen and oxygen atoms in total. The van der Waals surface area contributed by atoms with Gasteiger partial charge in [-0.2, -0.15) is 0 Å². The number of rotatable bonds is 6. The molecule has 1 aromatic rings. The minimum atomic E-state index is 0.133. The van der Waals surface area contributed by atoms with Gasteiger partial charge < -0.3 is 19.9 Å². The third-order valence-electron chi connectivity index (χ3n) is 5.52. The summed E-state index contributed by atoms with van der Waals surface area (Å²) in [5.74, 6) is 1.26. The number of anilines is 1. The highest BCUT2D eigenvalue weighted by molar-refractivity contribution is 5.76. The summed E-state index contributed by atoms with van der Waals surface area (Å²) in [6, 6.07) is 6.67. The van der Waals surface area contributed by atoms with Crippen LogP contribution in [-0.2, 0) is 9.53 Å². The molecule has 0 atom stereocenters. The van der Waals surface area contributed by atoms with Crippen molar-refractivity contribution in [3.05, 3.63) is 23.9 Å². The summed E-state index contributed by atoms with van der Waals surface area (Å²) in [7, 11) is 1.62. The summed E-state index contributed by atoms with van der Waals surface area (Å²) in [5, 5.41) is 3.03. The van der Waals surface area contributed by atoms with Crippen LogP contribution in [0.2, 0.25) is 0 Å². The SMILES string of the molecule is CCN1CCN(c2cccc(C)n2)CC1.COCCC(=O)NC1CCCCC1. The number of methoxy groups -OCH3 is 1. The van der Waals surface area contributed by atoms with Crippen LogP contribution in [0.5, 0.6) is 0 Å². The van der Waals surface area contributed by atoms with Gasteiger partial charge in [0.25, 0.3) is 0 Å². The number of likely N-dealkylation sites (N-methyl/N-ethyl adjacent to an activating group) is 1. The largest absolute Gasteiger partial charge is 0.384 e. The van der Waals surface area contributed by atoms with E-state index in [-0.39, 0.29) is 5.91 Å². The van der Waals surface area contributed by atoms with Crippen molar-refractivity contribution >= 4 is 11.7 Å². The Morgan fingerprint density at radius 1 is 1.18 bits per heavy atom. The number of ether oxygens (including phenoxy) is 1. The number of pyridine rings is 1. The standard InChI is InChI=1S/C12H19N3.C10H19NO2/c1-3-14-7-9-15(10-8-14)12-6-4-5-11(2)13-12;1-13-8-7-10(12)11-9-5-3-2-4-6-9/h4-6H,3,7-10H2,1-2H3;9H,2-8H2,1H3,(H,11,12). The zero-order valence-electron chi connectivity index (χ0n) is 18.0. The molecule has 2 aliphatic rings. The highest BCUT2D eigenvalue weighted by Crippen LogP contribution is 2.17. The normalized spacial score (nSPS) is 18.3. The summed E-state index contributed by atoms with van der Waals surface area (Å²) in [5.41, 5.74) is 1.10. The highest BCUT2D eigenvalue weighted by atomic mass is 16.5. The van der Waals surface area contributed by atoms with Gasteiger partial charge in [0.2, 0.25) is 5.91 Å². The summed E-state index contributed by atoms with van der Waals surface area (Å²) < 4.78 is 4.84. The third kappa shape index (κ3) is 8.15.